The van der Waals surface area contributed by atoms with Crippen LogP contribution < -0.4 is 11.1 Å². The highest BCUT2D eigenvalue weighted by molar-refractivity contribution is 5.96. The molecule has 0 fully saturated rings. The van der Waals surface area contributed by atoms with Crippen molar-refractivity contribution in [3.63, 3.8) is 0 Å². The Bertz CT molecular complexity index is 402. The summed E-state index contributed by atoms with van der Waals surface area (Å²) in [5.74, 6) is -0.746. The van der Waals surface area contributed by atoms with Crippen molar-refractivity contribution in [2.75, 3.05) is 0 Å². The molecule has 0 aromatic carbocycles. The average Bonchev–Trinajstić information content (AvgIpc) is 2.68. The molecule has 0 aliphatic carbocycles. The third-order valence-electron chi connectivity index (χ3n) is 6.02. The number of nitrogens with two attached hydrogens (primary N) is 1. The summed E-state index contributed by atoms with van der Waals surface area (Å²) in [6.07, 6.45) is 22.0. The van der Waals surface area contributed by atoms with Gasteiger partial charge in [-0.15, -0.1) is 0 Å². The number of primary amides is 1. The van der Waals surface area contributed by atoms with Crippen molar-refractivity contribution < 1.29 is 9.59 Å². The fraction of sp³-hybridized carbons (Fsp3) is 0.920. The monoisotopic (exact) mass is 410 g/mol. The van der Waals surface area contributed by atoms with Crippen LogP contribution in [0.3, 0.4) is 0 Å². The van der Waals surface area contributed by atoms with Gasteiger partial charge in [-0.2, -0.15) is 0 Å². The molecule has 0 heterocycles. The van der Waals surface area contributed by atoms with Crippen molar-refractivity contribution in [3.8, 4) is 0 Å². The largest absolute Gasteiger partial charge is 0.369 e. The van der Waals surface area contributed by atoms with Crippen LogP contribution in [0.2, 0.25) is 0 Å². The molecule has 0 bridgehead atoms. The van der Waals surface area contributed by atoms with E-state index in [1.807, 2.05) is 0 Å². The van der Waals surface area contributed by atoms with Crippen molar-refractivity contribution in [3.05, 3.63) is 0 Å². The number of hydrogen-bond acceptors (Lipinski definition) is 2. The van der Waals surface area contributed by atoms with Crippen LogP contribution in [0.4, 0.5) is 0 Å². The van der Waals surface area contributed by atoms with Crippen LogP contribution in [-0.2, 0) is 9.59 Å². The number of unbranched alkanes of at least 4 members (excludes halogenated alkanes) is 12. The lowest BCUT2D eigenvalue weighted by atomic mass is 9.82. The van der Waals surface area contributed by atoms with E-state index in [4.69, 9.17) is 5.73 Å². The zero-order valence-electron chi connectivity index (χ0n) is 19.8. The van der Waals surface area contributed by atoms with Gasteiger partial charge in [0.2, 0.25) is 11.8 Å². The Balaban J connectivity index is 4.33. The molecular formula is C25H50N2O2. The summed E-state index contributed by atoms with van der Waals surface area (Å²) in [7, 11) is 0. The third kappa shape index (κ3) is 16.4. The van der Waals surface area contributed by atoms with E-state index in [9.17, 15) is 9.59 Å². The molecular weight excluding hydrogens is 360 g/mol. The van der Waals surface area contributed by atoms with Crippen LogP contribution in [0.15, 0.2) is 0 Å². The second-order valence-corrected chi connectivity index (χ2v) is 8.96. The predicted octanol–water partition coefficient (Wildman–Crippen LogP) is 6.80. The maximum atomic E-state index is 12.3. The van der Waals surface area contributed by atoms with Gasteiger partial charge in [-0.3, -0.25) is 9.59 Å². The summed E-state index contributed by atoms with van der Waals surface area (Å²) in [6.45, 7) is 6.65. The maximum absolute atomic E-state index is 12.3. The molecule has 0 rings (SSSR count). The fourth-order valence-electron chi connectivity index (χ4n) is 4.22. The highest BCUT2D eigenvalue weighted by atomic mass is 16.2. The minimum Gasteiger partial charge on any atom is -0.369 e. The molecule has 0 saturated heterocycles. The zero-order valence-corrected chi connectivity index (χ0v) is 19.8. The second-order valence-electron chi connectivity index (χ2n) is 8.96. The average molecular weight is 411 g/mol. The van der Waals surface area contributed by atoms with Gasteiger partial charge in [0, 0.05) is 5.54 Å². The Morgan fingerprint density at radius 3 is 1.41 bits per heavy atom. The van der Waals surface area contributed by atoms with Gasteiger partial charge in [-0.05, 0) is 19.3 Å². The highest BCUT2D eigenvalue weighted by Crippen LogP contribution is 2.28. The summed E-state index contributed by atoms with van der Waals surface area (Å²) >= 11 is 0. The number of amides is 2. The van der Waals surface area contributed by atoms with Gasteiger partial charge < -0.3 is 11.1 Å². The molecule has 172 valence electrons. The number of carbonyl (C=O) groups is 2. The van der Waals surface area contributed by atoms with Gasteiger partial charge in [0.1, 0.15) is 6.42 Å². The van der Waals surface area contributed by atoms with E-state index in [0.29, 0.717) is 0 Å². The van der Waals surface area contributed by atoms with Crippen LogP contribution in [-0.4, -0.2) is 17.4 Å². The molecule has 0 atom stereocenters. The van der Waals surface area contributed by atoms with Crippen LogP contribution >= 0.6 is 0 Å². The highest BCUT2D eigenvalue weighted by Gasteiger charge is 2.30. The first-order valence-corrected chi connectivity index (χ1v) is 12.6. The van der Waals surface area contributed by atoms with Crippen LogP contribution in [0.1, 0.15) is 143 Å². The first kappa shape index (κ1) is 27.9. The van der Waals surface area contributed by atoms with E-state index in [1.165, 1.54) is 64.2 Å². The van der Waals surface area contributed by atoms with E-state index < -0.39 is 5.91 Å². The number of hydrogen-bond donors (Lipinski definition) is 2. The van der Waals surface area contributed by atoms with E-state index in [-0.39, 0.29) is 17.9 Å². The molecule has 0 aliphatic rings. The van der Waals surface area contributed by atoms with Gasteiger partial charge in [-0.25, -0.2) is 0 Å². The van der Waals surface area contributed by atoms with Crippen molar-refractivity contribution in [2.45, 2.75) is 148 Å². The van der Waals surface area contributed by atoms with Gasteiger partial charge in [0.05, 0.1) is 0 Å². The Hall–Kier alpha value is -1.06. The summed E-state index contributed by atoms with van der Waals surface area (Å²) in [6, 6.07) is 0. The molecule has 0 unspecified atom stereocenters. The van der Waals surface area contributed by atoms with E-state index in [0.717, 1.165) is 51.4 Å². The van der Waals surface area contributed by atoms with Gasteiger partial charge in [0.15, 0.2) is 0 Å². The Morgan fingerprint density at radius 1 is 0.621 bits per heavy atom. The quantitative estimate of drug-likeness (QED) is 0.161. The maximum Gasteiger partial charge on any atom is 0.229 e. The SMILES string of the molecule is CCCCCCCCCCCCCC(CCCC)(CCCC)NC(=O)CC(N)=O. The minimum atomic E-state index is -0.544. The molecule has 0 saturated carbocycles. The Labute approximate surface area is 181 Å². The minimum absolute atomic E-state index is 0.155. The molecule has 3 N–H and O–H groups in total. The summed E-state index contributed by atoms with van der Waals surface area (Å²) < 4.78 is 0. The van der Waals surface area contributed by atoms with E-state index >= 15 is 0 Å². The molecule has 2 amide bonds. The number of carbonyl (C=O) groups excluding carboxylic acids is 2. The lowest BCUT2D eigenvalue weighted by molar-refractivity contribution is -0.129. The van der Waals surface area contributed by atoms with Crippen LogP contribution in [0.5, 0.6) is 0 Å². The van der Waals surface area contributed by atoms with E-state index in [2.05, 4.69) is 26.1 Å². The van der Waals surface area contributed by atoms with Gasteiger partial charge >= 0.3 is 0 Å². The summed E-state index contributed by atoms with van der Waals surface area (Å²) in [5, 5.41) is 3.23. The molecule has 29 heavy (non-hydrogen) atoms. The smallest absolute Gasteiger partial charge is 0.229 e. The topological polar surface area (TPSA) is 72.2 Å². The Morgan fingerprint density at radius 2 is 1.00 bits per heavy atom. The van der Waals surface area contributed by atoms with E-state index in [1.54, 1.807) is 0 Å². The van der Waals surface area contributed by atoms with Crippen molar-refractivity contribution in [1.82, 2.24) is 5.32 Å². The van der Waals surface area contributed by atoms with Gasteiger partial charge in [0.25, 0.3) is 0 Å². The lowest BCUT2D eigenvalue weighted by Gasteiger charge is -2.35. The molecule has 0 aromatic rings. The predicted molar refractivity (Wildman–Crippen MR) is 125 cm³/mol. The summed E-state index contributed by atoms with van der Waals surface area (Å²) in [4.78, 5) is 23.4. The molecule has 0 radical (unpaired) electrons. The molecule has 0 aromatic heterocycles. The van der Waals surface area contributed by atoms with Crippen LogP contribution in [0, 0.1) is 0 Å². The Kier molecular flexibility index (Phi) is 18.2. The molecule has 4 nitrogen and oxygen atoms in total. The second kappa shape index (κ2) is 18.9. The standard InChI is InChI=1S/C25H50N2O2/c1-4-7-10-11-12-13-14-15-16-17-18-21-25(19-8-5-2,20-9-6-3)27-24(29)22-23(26)28/h4-22H2,1-3H3,(H2,26,28)(H,27,29). The number of rotatable bonds is 21. The van der Waals surface area contributed by atoms with Crippen LogP contribution in [0.25, 0.3) is 0 Å². The van der Waals surface area contributed by atoms with Crippen molar-refractivity contribution in [2.24, 2.45) is 5.73 Å². The first-order chi connectivity index (χ1) is 14.0. The number of nitrogens with one attached hydrogen (secondary N) is 1. The normalized spacial score (nSPS) is 11.6. The fourth-order valence-corrected chi connectivity index (χ4v) is 4.22. The lowest BCUT2D eigenvalue weighted by Crippen LogP contribution is -2.49. The zero-order chi connectivity index (χ0) is 21.8. The molecule has 0 aliphatic heterocycles. The van der Waals surface area contributed by atoms with Gasteiger partial charge in [-0.1, -0.05) is 117 Å². The van der Waals surface area contributed by atoms with Crippen molar-refractivity contribution >= 4 is 11.8 Å². The first-order valence-electron chi connectivity index (χ1n) is 12.6. The molecule has 0 spiro atoms. The molecule has 4 heteroatoms. The van der Waals surface area contributed by atoms with Crippen molar-refractivity contribution in [1.29, 1.82) is 0 Å². The summed E-state index contributed by atoms with van der Waals surface area (Å²) in [5.41, 5.74) is 5.07. The third-order valence-corrected chi connectivity index (χ3v) is 6.02.